The van der Waals surface area contributed by atoms with Crippen LogP contribution in [0, 0.1) is 5.92 Å². The predicted molar refractivity (Wildman–Crippen MR) is 115 cm³/mol. The van der Waals surface area contributed by atoms with Crippen molar-refractivity contribution in [2.75, 3.05) is 33.3 Å². The van der Waals surface area contributed by atoms with Crippen LogP contribution in [0.3, 0.4) is 0 Å². The number of benzene rings is 2. The average molecular weight is 429 g/mol. The van der Waals surface area contributed by atoms with Gasteiger partial charge in [0, 0.05) is 23.4 Å². The summed E-state index contributed by atoms with van der Waals surface area (Å²) in [6.45, 7) is 4.97. The Hall–Kier alpha value is -3.39. The van der Waals surface area contributed by atoms with Gasteiger partial charge in [-0.05, 0) is 42.3 Å². The summed E-state index contributed by atoms with van der Waals surface area (Å²) in [5.74, 6) is -0.722. The molecular formula is C23H27NO7. The molecule has 0 bridgehead atoms. The van der Waals surface area contributed by atoms with Crippen molar-refractivity contribution in [2.24, 2.45) is 5.92 Å². The van der Waals surface area contributed by atoms with Crippen LogP contribution in [0.15, 0.2) is 36.4 Å². The minimum atomic E-state index is -0.643. The number of methoxy groups -OCH3 is 3. The number of nitrogens with one attached hydrogen (secondary N) is 1. The molecule has 2 rings (SSSR count). The van der Waals surface area contributed by atoms with Gasteiger partial charge < -0.3 is 24.3 Å². The van der Waals surface area contributed by atoms with Crippen LogP contribution in [0.25, 0.3) is 0 Å². The minimum Gasteiger partial charge on any atom is -0.496 e. The number of hydrogen-bond acceptors (Lipinski definition) is 7. The lowest BCUT2D eigenvalue weighted by molar-refractivity contribution is 0.0599. The Kier molecular flexibility index (Phi) is 8.57. The number of carbonyl (C=O) groups excluding carboxylic acids is 3. The van der Waals surface area contributed by atoms with Gasteiger partial charge in [-0.15, -0.1) is 0 Å². The summed E-state index contributed by atoms with van der Waals surface area (Å²) in [6.07, 6.45) is 0. The second-order valence-electron chi connectivity index (χ2n) is 7.17. The molecule has 1 N–H and O–H groups in total. The standard InChI is InChI=1S/C23H27NO7/c1-14(2)12-31-13-18-8-15(6-7-20(18)28-3)21(25)24-19-10-16(22(26)29-4)9-17(11-19)23(27)30-5/h6-11,14H,12-13H2,1-5H3,(H,24,25). The highest BCUT2D eigenvalue weighted by molar-refractivity contribution is 6.06. The van der Waals surface area contributed by atoms with E-state index in [1.54, 1.807) is 25.3 Å². The molecule has 8 nitrogen and oxygen atoms in total. The van der Waals surface area contributed by atoms with Crippen molar-refractivity contribution in [1.82, 2.24) is 0 Å². The van der Waals surface area contributed by atoms with Crippen LogP contribution in [0.2, 0.25) is 0 Å². The van der Waals surface area contributed by atoms with Crippen molar-refractivity contribution in [1.29, 1.82) is 0 Å². The third-order valence-corrected chi connectivity index (χ3v) is 4.28. The van der Waals surface area contributed by atoms with Crippen LogP contribution in [-0.2, 0) is 20.8 Å². The molecule has 1 amide bonds. The molecule has 0 aliphatic carbocycles. The topological polar surface area (TPSA) is 100 Å². The second-order valence-corrected chi connectivity index (χ2v) is 7.17. The molecule has 0 aliphatic heterocycles. The Bertz CT molecular complexity index is 919. The Balaban J connectivity index is 2.29. The molecule has 0 spiro atoms. The van der Waals surface area contributed by atoms with E-state index in [0.29, 0.717) is 30.4 Å². The fraction of sp³-hybridized carbons (Fsp3) is 0.348. The summed E-state index contributed by atoms with van der Waals surface area (Å²) in [6, 6.07) is 9.17. The molecule has 0 heterocycles. The van der Waals surface area contributed by atoms with Gasteiger partial charge in [-0.25, -0.2) is 9.59 Å². The largest absolute Gasteiger partial charge is 0.496 e. The molecule has 0 saturated carbocycles. The smallest absolute Gasteiger partial charge is 0.337 e. The number of hydrogen-bond donors (Lipinski definition) is 1. The van der Waals surface area contributed by atoms with E-state index < -0.39 is 17.8 Å². The fourth-order valence-electron chi connectivity index (χ4n) is 2.81. The van der Waals surface area contributed by atoms with Crippen LogP contribution < -0.4 is 10.1 Å². The molecule has 0 atom stereocenters. The summed E-state index contributed by atoms with van der Waals surface area (Å²) >= 11 is 0. The third-order valence-electron chi connectivity index (χ3n) is 4.28. The molecule has 8 heteroatoms. The summed E-state index contributed by atoms with van der Waals surface area (Å²) in [5.41, 5.74) is 1.57. The van der Waals surface area contributed by atoms with Gasteiger partial charge >= 0.3 is 11.9 Å². The first-order valence-corrected chi connectivity index (χ1v) is 9.66. The molecule has 31 heavy (non-hydrogen) atoms. The Labute approximate surface area is 181 Å². The zero-order chi connectivity index (χ0) is 23.0. The first-order valence-electron chi connectivity index (χ1n) is 9.66. The predicted octanol–water partition coefficient (Wildman–Crippen LogP) is 3.69. The summed E-state index contributed by atoms with van der Waals surface area (Å²) in [4.78, 5) is 36.7. The van der Waals surface area contributed by atoms with Crippen molar-refractivity contribution >= 4 is 23.5 Å². The monoisotopic (exact) mass is 429 g/mol. The van der Waals surface area contributed by atoms with Crippen LogP contribution in [0.4, 0.5) is 5.69 Å². The number of ether oxygens (including phenoxy) is 4. The van der Waals surface area contributed by atoms with Gasteiger partial charge in [-0.3, -0.25) is 4.79 Å². The molecule has 2 aromatic carbocycles. The van der Waals surface area contributed by atoms with Gasteiger partial charge in [0.25, 0.3) is 5.91 Å². The third kappa shape index (κ3) is 6.55. The lowest BCUT2D eigenvalue weighted by Crippen LogP contribution is -2.15. The van der Waals surface area contributed by atoms with Crippen molar-refractivity contribution in [2.45, 2.75) is 20.5 Å². The molecule has 166 valence electrons. The van der Waals surface area contributed by atoms with E-state index in [4.69, 9.17) is 18.9 Å². The first-order chi connectivity index (χ1) is 14.8. The summed E-state index contributed by atoms with van der Waals surface area (Å²) in [5, 5.41) is 2.70. The average Bonchev–Trinajstić information content (AvgIpc) is 2.77. The van der Waals surface area contributed by atoms with E-state index in [9.17, 15) is 14.4 Å². The quantitative estimate of drug-likeness (QED) is 0.607. The zero-order valence-corrected chi connectivity index (χ0v) is 18.3. The molecule has 0 aromatic heterocycles. The highest BCUT2D eigenvalue weighted by atomic mass is 16.5. The van der Waals surface area contributed by atoms with Gasteiger partial charge in [0.15, 0.2) is 0 Å². The van der Waals surface area contributed by atoms with E-state index in [1.165, 1.54) is 32.4 Å². The van der Waals surface area contributed by atoms with E-state index in [2.05, 4.69) is 5.32 Å². The van der Waals surface area contributed by atoms with Crippen LogP contribution in [0.1, 0.15) is 50.5 Å². The van der Waals surface area contributed by atoms with Crippen LogP contribution >= 0.6 is 0 Å². The van der Waals surface area contributed by atoms with Crippen LogP contribution in [0.5, 0.6) is 5.75 Å². The lowest BCUT2D eigenvalue weighted by atomic mass is 10.1. The molecule has 2 aromatic rings. The van der Waals surface area contributed by atoms with E-state index in [0.717, 1.165) is 5.56 Å². The number of rotatable bonds is 9. The summed E-state index contributed by atoms with van der Waals surface area (Å²) < 4.78 is 20.4. The van der Waals surface area contributed by atoms with Gasteiger partial charge in [-0.1, -0.05) is 13.8 Å². The first kappa shape index (κ1) is 23.9. The minimum absolute atomic E-state index is 0.109. The SMILES string of the molecule is COC(=O)c1cc(NC(=O)c2ccc(OC)c(COCC(C)C)c2)cc(C(=O)OC)c1. The van der Waals surface area contributed by atoms with Crippen LogP contribution in [-0.4, -0.2) is 45.8 Å². The number of carbonyl (C=O) groups is 3. The number of anilines is 1. The molecule has 0 saturated heterocycles. The second kappa shape index (κ2) is 11.1. The van der Waals surface area contributed by atoms with Crippen molar-refractivity contribution in [3.8, 4) is 5.75 Å². The Morgan fingerprint density at radius 3 is 2.00 bits per heavy atom. The lowest BCUT2D eigenvalue weighted by Gasteiger charge is -2.13. The van der Waals surface area contributed by atoms with Gasteiger partial charge in [0.05, 0.1) is 39.1 Å². The molecule has 0 radical (unpaired) electrons. The maximum absolute atomic E-state index is 12.8. The van der Waals surface area contributed by atoms with E-state index in [-0.39, 0.29) is 16.8 Å². The molecule has 0 unspecified atom stereocenters. The molecule has 0 aliphatic rings. The molecular weight excluding hydrogens is 402 g/mol. The highest BCUT2D eigenvalue weighted by Gasteiger charge is 2.16. The normalized spacial score (nSPS) is 10.5. The van der Waals surface area contributed by atoms with Crippen molar-refractivity contribution in [3.05, 3.63) is 58.7 Å². The Morgan fingerprint density at radius 2 is 1.48 bits per heavy atom. The Morgan fingerprint density at radius 1 is 0.871 bits per heavy atom. The van der Waals surface area contributed by atoms with E-state index >= 15 is 0 Å². The number of esters is 2. The summed E-state index contributed by atoms with van der Waals surface area (Å²) in [7, 11) is 4.00. The maximum atomic E-state index is 12.8. The van der Waals surface area contributed by atoms with Crippen molar-refractivity contribution < 1.29 is 33.3 Å². The van der Waals surface area contributed by atoms with Gasteiger partial charge in [0.1, 0.15) is 5.75 Å². The molecule has 0 fully saturated rings. The number of amides is 1. The van der Waals surface area contributed by atoms with Crippen molar-refractivity contribution in [3.63, 3.8) is 0 Å². The van der Waals surface area contributed by atoms with Gasteiger partial charge in [0.2, 0.25) is 0 Å². The van der Waals surface area contributed by atoms with E-state index in [1.807, 2.05) is 13.8 Å². The van der Waals surface area contributed by atoms with Gasteiger partial charge in [-0.2, -0.15) is 0 Å². The maximum Gasteiger partial charge on any atom is 0.337 e. The highest BCUT2D eigenvalue weighted by Crippen LogP contribution is 2.23. The zero-order valence-electron chi connectivity index (χ0n) is 18.3. The fourth-order valence-corrected chi connectivity index (χ4v) is 2.81.